The van der Waals surface area contributed by atoms with Crippen LogP contribution in [0.4, 0.5) is 0 Å². The van der Waals surface area contributed by atoms with E-state index in [1.54, 1.807) is 0 Å². The smallest absolute Gasteiger partial charge is 0.191 e. The number of hydrogen-bond donors (Lipinski definition) is 0. The highest BCUT2D eigenvalue weighted by atomic mass is 16.3. The zero-order valence-electron chi connectivity index (χ0n) is 9.60. The highest BCUT2D eigenvalue weighted by Crippen LogP contribution is 2.58. The number of aromatic nitrogens is 1. The fourth-order valence-corrected chi connectivity index (χ4v) is 2.95. The Hall–Kier alpha value is -0.830. The maximum atomic E-state index is 5.28. The van der Waals surface area contributed by atoms with E-state index in [1.807, 2.05) is 13.2 Å². The standard InChI is InChI=1S/C12H18N2O/c1-7(2)14-4-9-10(5-14)12(9)11-6-15-8(3)13-11/h6-7,9-10,12H,4-5H2,1-3H3. The molecule has 1 aliphatic heterocycles. The Morgan fingerprint density at radius 2 is 2.07 bits per heavy atom. The number of hydrogen-bond acceptors (Lipinski definition) is 3. The number of rotatable bonds is 2. The molecule has 1 aliphatic carbocycles. The molecule has 2 atom stereocenters. The average Bonchev–Trinajstić information content (AvgIpc) is 2.62. The molecule has 3 heteroatoms. The summed E-state index contributed by atoms with van der Waals surface area (Å²) >= 11 is 0. The molecule has 0 radical (unpaired) electrons. The van der Waals surface area contributed by atoms with Crippen molar-refractivity contribution < 1.29 is 4.42 Å². The molecule has 2 aliphatic rings. The van der Waals surface area contributed by atoms with Crippen molar-refractivity contribution in [3.05, 3.63) is 17.8 Å². The third-order valence-electron chi connectivity index (χ3n) is 3.93. The Labute approximate surface area is 90.5 Å². The Morgan fingerprint density at radius 1 is 1.40 bits per heavy atom. The summed E-state index contributed by atoms with van der Waals surface area (Å²) in [4.78, 5) is 7.01. The van der Waals surface area contributed by atoms with Gasteiger partial charge in [0.15, 0.2) is 5.89 Å². The maximum absolute atomic E-state index is 5.28. The fourth-order valence-electron chi connectivity index (χ4n) is 2.95. The summed E-state index contributed by atoms with van der Waals surface area (Å²) in [5, 5.41) is 0. The highest BCUT2D eigenvalue weighted by molar-refractivity contribution is 5.23. The lowest BCUT2D eigenvalue weighted by molar-refractivity contribution is 0.242. The normalized spacial score (nSPS) is 34.8. The minimum Gasteiger partial charge on any atom is -0.449 e. The predicted octanol–water partition coefficient (Wildman–Crippen LogP) is 2.04. The predicted molar refractivity (Wildman–Crippen MR) is 57.7 cm³/mol. The summed E-state index contributed by atoms with van der Waals surface area (Å²) in [6.07, 6.45) is 1.85. The van der Waals surface area contributed by atoms with E-state index in [0.29, 0.717) is 12.0 Å². The summed E-state index contributed by atoms with van der Waals surface area (Å²) in [6, 6.07) is 0.692. The lowest BCUT2D eigenvalue weighted by Crippen LogP contribution is -2.31. The first-order valence-electron chi connectivity index (χ1n) is 5.83. The van der Waals surface area contributed by atoms with Crippen LogP contribution in [0.1, 0.15) is 31.4 Å². The number of likely N-dealkylation sites (tertiary alicyclic amines) is 1. The second-order valence-electron chi connectivity index (χ2n) is 5.19. The highest BCUT2D eigenvalue weighted by Gasteiger charge is 2.57. The van der Waals surface area contributed by atoms with Crippen LogP contribution in [0.25, 0.3) is 0 Å². The molecule has 1 aromatic heterocycles. The van der Waals surface area contributed by atoms with Crippen molar-refractivity contribution >= 4 is 0 Å². The first-order valence-corrected chi connectivity index (χ1v) is 5.83. The van der Waals surface area contributed by atoms with Gasteiger partial charge in [-0.1, -0.05) is 0 Å². The molecule has 2 unspecified atom stereocenters. The minimum absolute atomic E-state index is 0.692. The largest absolute Gasteiger partial charge is 0.449 e. The fraction of sp³-hybridized carbons (Fsp3) is 0.750. The molecule has 3 rings (SSSR count). The SMILES string of the molecule is Cc1nc(C2C3CN(C(C)C)CC32)co1. The van der Waals surface area contributed by atoms with Crippen LogP contribution in [-0.4, -0.2) is 29.0 Å². The third kappa shape index (κ3) is 1.41. The van der Waals surface area contributed by atoms with E-state index in [2.05, 4.69) is 23.7 Å². The lowest BCUT2D eigenvalue weighted by Gasteiger charge is -2.22. The first kappa shape index (κ1) is 9.40. The second kappa shape index (κ2) is 3.08. The van der Waals surface area contributed by atoms with Crippen LogP contribution in [0.3, 0.4) is 0 Å². The Morgan fingerprint density at radius 3 is 2.53 bits per heavy atom. The summed E-state index contributed by atoms with van der Waals surface area (Å²) in [7, 11) is 0. The molecule has 3 nitrogen and oxygen atoms in total. The van der Waals surface area contributed by atoms with E-state index in [-0.39, 0.29) is 0 Å². The molecular weight excluding hydrogens is 188 g/mol. The van der Waals surface area contributed by atoms with Gasteiger partial charge in [-0.15, -0.1) is 0 Å². The molecule has 0 aromatic carbocycles. The molecule has 82 valence electrons. The molecule has 0 amide bonds. The van der Waals surface area contributed by atoms with Gasteiger partial charge in [-0.05, 0) is 25.7 Å². The zero-order chi connectivity index (χ0) is 10.6. The van der Waals surface area contributed by atoms with Crippen molar-refractivity contribution in [1.82, 2.24) is 9.88 Å². The van der Waals surface area contributed by atoms with Gasteiger partial charge in [0.2, 0.25) is 0 Å². The minimum atomic E-state index is 0.692. The average molecular weight is 206 g/mol. The van der Waals surface area contributed by atoms with Gasteiger partial charge in [-0.2, -0.15) is 0 Å². The van der Waals surface area contributed by atoms with Crippen molar-refractivity contribution in [2.45, 2.75) is 32.7 Å². The summed E-state index contributed by atoms with van der Waals surface area (Å²) in [5.74, 6) is 3.18. The van der Waals surface area contributed by atoms with E-state index in [1.165, 1.54) is 18.8 Å². The molecule has 1 saturated heterocycles. The lowest BCUT2D eigenvalue weighted by atomic mass is 10.2. The zero-order valence-corrected chi connectivity index (χ0v) is 9.60. The van der Waals surface area contributed by atoms with E-state index in [4.69, 9.17) is 4.42 Å². The maximum Gasteiger partial charge on any atom is 0.191 e. The van der Waals surface area contributed by atoms with Crippen LogP contribution in [-0.2, 0) is 0 Å². The summed E-state index contributed by atoms with van der Waals surface area (Å²) < 4.78 is 5.28. The van der Waals surface area contributed by atoms with Gasteiger partial charge in [0.25, 0.3) is 0 Å². The number of aryl methyl sites for hydroxylation is 1. The molecule has 2 fully saturated rings. The van der Waals surface area contributed by atoms with Crippen molar-refractivity contribution in [2.75, 3.05) is 13.1 Å². The Kier molecular flexibility index (Phi) is 1.93. The van der Waals surface area contributed by atoms with Crippen LogP contribution in [0, 0.1) is 18.8 Å². The molecular formula is C12H18N2O. The van der Waals surface area contributed by atoms with Gasteiger partial charge in [-0.25, -0.2) is 4.98 Å². The summed E-state index contributed by atoms with van der Waals surface area (Å²) in [5.41, 5.74) is 1.19. The molecule has 0 N–H and O–H groups in total. The van der Waals surface area contributed by atoms with Crippen LogP contribution in [0.2, 0.25) is 0 Å². The molecule has 0 spiro atoms. The van der Waals surface area contributed by atoms with Crippen molar-refractivity contribution in [3.8, 4) is 0 Å². The van der Waals surface area contributed by atoms with Gasteiger partial charge in [0, 0.05) is 32.0 Å². The van der Waals surface area contributed by atoms with Gasteiger partial charge >= 0.3 is 0 Å². The van der Waals surface area contributed by atoms with Gasteiger partial charge in [0.05, 0.1) is 5.69 Å². The quantitative estimate of drug-likeness (QED) is 0.741. The number of piperidine rings is 1. The van der Waals surface area contributed by atoms with E-state index in [9.17, 15) is 0 Å². The van der Waals surface area contributed by atoms with Crippen LogP contribution >= 0.6 is 0 Å². The molecule has 2 heterocycles. The summed E-state index contributed by atoms with van der Waals surface area (Å²) in [6.45, 7) is 8.97. The van der Waals surface area contributed by atoms with Crippen molar-refractivity contribution in [1.29, 1.82) is 0 Å². The second-order valence-corrected chi connectivity index (χ2v) is 5.19. The topological polar surface area (TPSA) is 29.3 Å². The van der Waals surface area contributed by atoms with Gasteiger partial charge in [-0.3, -0.25) is 0 Å². The van der Waals surface area contributed by atoms with E-state index in [0.717, 1.165) is 17.7 Å². The van der Waals surface area contributed by atoms with Gasteiger partial charge < -0.3 is 9.32 Å². The van der Waals surface area contributed by atoms with Crippen molar-refractivity contribution in [2.24, 2.45) is 11.8 Å². The Bertz CT molecular complexity index is 359. The molecule has 0 bridgehead atoms. The monoisotopic (exact) mass is 206 g/mol. The van der Waals surface area contributed by atoms with E-state index < -0.39 is 0 Å². The molecule has 15 heavy (non-hydrogen) atoms. The number of oxazole rings is 1. The van der Waals surface area contributed by atoms with E-state index >= 15 is 0 Å². The molecule has 1 saturated carbocycles. The third-order valence-corrected chi connectivity index (χ3v) is 3.93. The van der Waals surface area contributed by atoms with Crippen molar-refractivity contribution in [3.63, 3.8) is 0 Å². The van der Waals surface area contributed by atoms with Crippen LogP contribution in [0.15, 0.2) is 10.7 Å². The Balaban J connectivity index is 1.68. The number of fused-ring (bicyclic) bond motifs is 1. The number of nitrogens with zero attached hydrogens (tertiary/aromatic N) is 2. The van der Waals surface area contributed by atoms with Crippen LogP contribution in [0.5, 0.6) is 0 Å². The van der Waals surface area contributed by atoms with Crippen LogP contribution < -0.4 is 0 Å². The first-order chi connectivity index (χ1) is 7.16. The van der Waals surface area contributed by atoms with Gasteiger partial charge in [0.1, 0.15) is 6.26 Å². The molecule has 1 aromatic rings.